The van der Waals surface area contributed by atoms with Crippen molar-refractivity contribution in [3.63, 3.8) is 0 Å². The van der Waals surface area contributed by atoms with Crippen LogP contribution in [0.4, 0.5) is 4.39 Å². The fraction of sp³-hybridized carbons (Fsp3) is 0.647. The van der Waals surface area contributed by atoms with Gasteiger partial charge in [0, 0.05) is 12.3 Å². The second kappa shape index (κ2) is 8.11. The molecule has 0 amide bonds. The van der Waals surface area contributed by atoms with Gasteiger partial charge in [0.25, 0.3) is 0 Å². The zero-order valence-electron chi connectivity index (χ0n) is 13.3. The largest absolute Gasteiger partial charge is 0.490 e. The molecule has 1 fully saturated rings. The molecule has 0 saturated heterocycles. The van der Waals surface area contributed by atoms with E-state index < -0.39 is 6.67 Å². The Balaban J connectivity index is 1.83. The van der Waals surface area contributed by atoms with E-state index >= 15 is 0 Å². The zero-order chi connectivity index (χ0) is 15.9. The number of aromatic nitrogens is 1. The molecular weight excluding hydrogens is 285 g/mol. The van der Waals surface area contributed by atoms with E-state index in [9.17, 15) is 9.18 Å². The minimum absolute atomic E-state index is 0.0556. The molecule has 0 radical (unpaired) electrons. The van der Waals surface area contributed by atoms with Crippen LogP contribution in [0.5, 0.6) is 5.75 Å². The van der Waals surface area contributed by atoms with Gasteiger partial charge in [-0.3, -0.25) is 9.78 Å². The maximum atomic E-state index is 12.6. The fourth-order valence-corrected chi connectivity index (χ4v) is 2.97. The molecule has 1 aromatic rings. The van der Waals surface area contributed by atoms with Gasteiger partial charge in [0.15, 0.2) is 0 Å². The van der Waals surface area contributed by atoms with Gasteiger partial charge in [0.05, 0.1) is 24.3 Å². The predicted octanol–water partition coefficient (Wildman–Crippen LogP) is 3.69. The number of hydrogen-bond acceptors (Lipinski definition) is 4. The summed E-state index contributed by atoms with van der Waals surface area (Å²) in [5.74, 6) is 0.871. The maximum Gasteiger partial charge on any atom is 0.308 e. The molecule has 1 aliphatic rings. The van der Waals surface area contributed by atoms with E-state index in [-0.39, 0.29) is 18.0 Å². The summed E-state index contributed by atoms with van der Waals surface area (Å²) in [4.78, 5) is 15.7. The van der Waals surface area contributed by atoms with E-state index in [1.165, 1.54) is 0 Å². The van der Waals surface area contributed by atoms with Crippen molar-refractivity contribution in [2.24, 2.45) is 11.8 Å². The molecule has 4 nitrogen and oxygen atoms in total. The van der Waals surface area contributed by atoms with Crippen molar-refractivity contribution in [1.82, 2.24) is 4.98 Å². The van der Waals surface area contributed by atoms with Crippen LogP contribution in [0.2, 0.25) is 0 Å². The highest BCUT2D eigenvalue weighted by atomic mass is 19.1. The molecule has 0 spiro atoms. The molecule has 122 valence electrons. The van der Waals surface area contributed by atoms with Crippen LogP contribution in [0.3, 0.4) is 0 Å². The van der Waals surface area contributed by atoms with Gasteiger partial charge in [-0.25, -0.2) is 4.39 Å². The molecule has 1 unspecified atom stereocenters. The summed E-state index contributed by atoms with van der Waals surface area (Å²) in [6, 6.07) is 3.40. The Morgan fingerprint density at radius 1 is 1.41 bits per heavy atom. The number of carbonyl (C=O) groups excluding carboxylic acids is 1. The number of ether oxygens (including phenoxy) is 2. The van der Waals surface area contributed by atoms with E-state index in [1.807, 2.05) is 13.8 Å². The number of halogens is 1. The second-order valence-electron chi connectivity index (χ2n) is 5.81. The van der Waals surface area contributed by atoms with E-state index in [4.69, 9.17) is 9.47 Å². The first-order valence-electron chi connectivity index (χ1n) is 7.98. The van der Waals surface area contributed by atoms with Crippen LogP contribution in [0.1, 0.15) is 45.2 Å². The second-order valence-corrected chi connectivity index (χ2v) is 5.81. The van der Waals surface area contributed by atoms with E-state index in [2.05, 4.69) is 4.98 Å². The van der Waals surface area contributed by atoms with Crippen LogP contribution in [0.15, 0.2) is 18.3 Å². The van der Waals surface area contributed by atoms with Crippen LogP contribution < -0.4 is 4.74 Å². The van der Waals surface area contributed by atoms with Crippen molar-refractivity contribution in [2.75, 3.05) is 6.61 Å². The van der Waals surface area contributed by atoms with Crippen molar-refractivity contribution in [3.8, 4) is 5.75 Å². The Labute approximate surface area is 131 Å². The number of rotatable bonds is 6. The van der Waals surface area contributed by atoms with E-state index in [1.54, 1.807) is 18.3 Å². The topological polar surface area (TPSA) is 48.4 Å². The van der Waals surface area contributed by atoms with Crippen LogP contribution in [0, 0.1) is 11.8 Å². The summed E-state index contributed by atoms with van der Waals surface area (Å²) in [5.41, 5.74) is 0.391. The first kappa shape index (κ1) is 16.7. The summed E-state index contributed by atoms with van der Waals surface area (Å²) in [6.45, 7) is 3.62. The van der Waals surface area contributed by atoms with Crippen molar-refractivity contribution in [3.05, 3.63) is 24.0 Å². The lowest BCUT2D eigenvalue weighted by molar-refractivity contribution is -0.150. The van der Waals surface area contributed by atoms with E-state index in [0.29, 0.717) is 24.0 Å². The zero-order valence-corrected chi connectivity index (χ0v) is 13.3. The first-order chi connectivity index (χ1) is 10.6. The van der Waals surface area contributed by atoms with Crippen LogP contribution in [-0.4, -0.2) is 23.7 Å². The van der Waals surface area contributed by atoms with Crippen molar-refractivity contribution < 1.29 is 18.7 Å². The molecule has 0 N–H and O–H groups in total. The molecule has 0 aliphatic heterocycles. The van der Waals surface area contributed by atoms with Gasteiger partial charge in [0.1, 0.15) is 12.4 Å². The normalized spacial score (nSPS) is 22.9. The molecule has 1 aliphatic carbocycles. The summed E-state index contributed by atoms with van der Waals surface area (Å²) in [7, 11) is 0. The van der Waals surface area contributed by atoms with Crippen molar-refractivity contribution in [1.29, 1.82) is 0 Å². The van der Waals surface area contributed by atoms with Crippen molar-refractivity contribution in [2.45, 2.75) is 52.3 Å². The minimum Gasteiger partial charge on any atom is -0.490 e. The Morgan fingerprint density at radius 2 is 2.14 bits per heavy atom. The molecule has 5 heteroatoms. The quantitative estimate of drug-likeness (QED) is 0.752. The minimum atomic E-state index is -0.582. The molecule has 22 heavy (non-hydrogen) atoms. The van der Waals surface area contributed by atoms with Gasteiger partial charge >= 0.3 is 5.97 Å². The third-order valence-corrected chi connectivity index (χ3v) is 4.31. The standard InChI is InChI=1S/C17H24FNO3/c1-3-21-17(20)12(2)13-4-6-15(7-5-13)22-16-8-9-19-14(10-16)11-18/h8-10,12-13,15H,3-7,11H2,1-2H3. The summed E-state index contributed by atoms with van der Waals surface area (Å²) in [6.07, 6.45) is 5.40. The SMILES string of the molecule is CCOC(=O)C(C)C1CCC(Oc2ccnc(CF)c2)CC1. The first-order valence-corrected chi connectivity index (χ1v) is 7.98. The molecule has 1 saturated carbocycles. The summed E-state index contributed by atoms with van der Waals surface area (Å²) in [5, 5.41) is 0. The highest BCUT2D eigenvalue weighted by molar-refractivity contribution is 5.72. The van der Waals surface area contributed by atoms with Gasteiger partial charge in [-0.1, -0.05) is 6.92 Å². The van der Waals surface area contributed by atoms with Crippen LogP contribution in [0.25, 0.3) is 0 Å². The third kappa shape index (κ3) is 4.42. The number of hydrogen-bond donors (Lipinski definition) is 0. The van der Waals surface area contributed by atoms with Gasteiger partial charge in [-0.15, -0.1) is 0 Å². The molecule has 0 aromatic carbocycles. The summed E-state index contributed by atoms with van der Waals surface area (Å²) < 4.78 is 23.6. The highest BCUT2D eigenvalue weighted by Crippen LogP contribution is 2.32. The average molecular weight is 309 g/mol. The van der Waals surface area contributed by atoms with Crippen LogP contribution >= 0.6 is 0 Å². The van der Waals surface area contributed by atoms with Gasteiger partial charge in [0.2, 0.25) is 0 Å². The number of nitrogens with zero attached hydrogens (tertiary/aromatic N) is 1. The highest BCUT2D eigenvalue weighted by Gasteiger charge is 2.30. The molecular formula is C17H24FNO3. The molecule has 1 aromatic heterocycles. The number of carbonyl (C=O) groups is 1. The lowest BCUT2D eigenvalue weighted by atomic mass is 9.80. The number of alkyl halides is 1. The van der Waals surface area contributed by atoms with Crippen molar-refractivity contribution >= 4 is 5.97 Å². The number of esters is 1. The Morgan fingerprint density at radius 3 is 2.77 bits per heavy atom. The third-order valence-electron chi connectivity index (χ3n) is 4.31. The van der Waals surface area contributed by atoms with Gasteiger partial charge in [-0.05, 0) is 44.6 Å². The lowest BCUT2D eigenvalue weighted by Crippen LogP contribution is -2.30. The van der Waals surface area contributed by atoms with Gasteiger partial charge in [-0.2, -0.15) is 0 Å². The van der Waals surface area contributed by atoms with Crippen LogP contribution in [-0.2, 0) is 16.2 Å². The smallest absolute Gasteiger partial charge is 0.308 e. The van der Waals surface area contributed by atoms with E-state index in [0.717, 1.165) is 25.7 Å². The van der Waals surface area contributed by atoms with Gasteiger partial charge < -0.3 is 9.47 Å². The molecule has 0 bridgehead atoms. The average Bonchev–Trinajstić information content (AvgIpc) is 2.55. The monoisotopic (exact) mass is 309 g/mol. The lowest BCUT2D eigenvalue weighted by Gasteiger charge is -2.31. The number of pyridine rings is 1. The Hall–Kier alpha value is -1.65. The molecule has 1 heterocycles. The predicted molar refractivity (Wildman–Crippen MR) is 81.2 cm³/mol. The Kier molecular flexibility index (Phi) is 6.16. The molecule has 1 atom stereocenters. The Bertz CT molecular complexity index is 487. The fourth-order valence-electron chi connectivity index (χ4n) is 2.97. The molecule has 2 rings (SSSR count). The maximum absolute atomic E-state index is 12.6. The summed E-state index contributed by atoms with van der Waals surface area (Å²) >= 11 is 0.